The molecule has 0 aliphatic heterocycles. The molecule has 0 saturated carbocycles. The van der Waals surface area contributed by atoms with E-state index in [2.05, 4.69) is 6.07 Å². The molecule has 0 saturated heterocycles. The summed E-state index contributed by atoms with van der Waals surface area (Å²) < 4.78 is 5.18. The Morgan fingerprint density at radius 2 is 2.13 bits per heavy atom. The molecule has 15 heavy (non-hydrogen) atoms. The van der Waals surface area contributed by atoms with Crippen molar-refractivity contribution in [1.82, 2.24) is 0 Å². The Bertz CT molecular complexity index is 430. The molecule has 0 fully saturated rings. The average molecular weight is 202 g/mol. The number of rotatable bonds is 2. The number of hydrogen-bond donors (Lipinski definition) is 0. The smallest absolute Gasteiger partial charge is 0.146 e. The molecule has 0 bridgehead atoms. The number of ether oxygens (including phenoxy) is 1. The van der Waals surface area contributed by atoms with Crippen LogP contribution in [0.25, 0.3) is 5.57 Å². The molecule has 0 unspecified atom stereocenters. The van der Waals surface area contributed by atoms with Gasteiger partial charge < -0.3 is 4.74 Å². The maximum atomic E-state index is 10.8. The highest BCUT2D eigenvalue weighted by molar-refractivity contribution is 5.89. The van der Waals surface area contributed by atoms with Gasteiger partial charge in [0, 0.05) is 0 Å². The number of aryl methyl sites for hydroxylation is 1. The van der Waals surface area contributed by atoms with Crippen molar-refractivity contribution in [2.24, 2.45) is 0 Å². The highest BCUT2D eigenvalue weighted by Gasteiger charge is 2.15. The summed E-state index contributed by atoms with van der Waals surface area (Å²) in [4.78, 5) is 10.8. The number of fused-ring (bicyclic) bond motifs is 1. The maximum absolute atomic E-state index is 10.8. The van der Waals surface area contributed by atoms with Crippen molar-refractivity contribution in [1.29, 1.82) is 0 Å². The van der Waals surface area contributed by atoms with Gasteiger partial charge >= 0.3 is 0 Å². The molecule has 2 rings (SSSR count). The summed E-state index contributed by atoms with van der Waals surface area (Å²) in [6, 6.07) is 6.03. The van der Waals surface area contributed by atoms with Crippen molar-refractivity contribution >= 4 is 11.9 Å². The zero-order chi connectivity index (χ0) is 10.8. The Morgan fingerprint density at radius 3 is 2.80 bits per heavy atom. The van der Waals surface area contributed by atoms with Gasteiger partial charge in [-0.3, -0.25) is 4.79 Å². The number of hydrogen-bond acceptors (Lipinski definition) is 2. The van der Waals surface area contributed by atoms with Crippen LogP contribution < -0.4 is 4.74 Å². The number of methoxy groups -OCH3 is 1. The van der Waals surface area contributed by atoms with Gasteiger partial charge in [-0.25, -0.2) is 0 Å². The molecule has 1 aromatic rings. The van der Waals surface area contributed by atoms with E-state index in [1.165, 1.54) is 11.1 Å². The van der Waals surface area contributed by atoms with Crippen LogP contribution in [0.15, 0.2) is 23.8 Å². The third-order valence-corrected chi connectivity index (χ3v) is 3.00. The summed E-state index contributed by atoms with van der Waals surface area (Å²) in [5, 5.41) is 0. The predicted octanol–water partition coefficient (Wildman–Crippen LogP) is 2.61. The van der Waals surface area contributed by atoms with Gasteiger partial charge in [-0.05, 0) is 54.2 Å². The zero-order valence-corrected chi connectivity index (χ0v) is 9.04. The molecule has 0 radical (unpaired) electrons. The van der Waals surface area contributed by atoms with E-state index in [0.717, 1.165) is 36.0 Å². The predicted molar refractivity (Wildman–Crippen MR) is 60.0 cm³/mol. The fraction of sp³-hybridized carbons (Fsp3) is 0.308. The molecule has 0 N–H and O–H groups in total. The summed E-state index contributed by atoms with van der Waals surface area (Å²) in [5.41, 5.74) is 4.49. The number of aldehydes is 1. The second-order valence-corrected chi connectivity index (χ2v) is 3.79. The molecule has 2 nitrogen and oxygen atoms in total. The van der Waals surface area contributed by atoms with Crippen LogP contribution in [-0.4, -0.2) is 13.4 Å². The van der Waals surface area contributed by atoms with Crippen molar-refractivity contribution in [2.75, 3.05) is 7.11 Å². The second kappa shape index (κ2) is 3.89. The monoisotopic (exact) mass is 202 g/mol. The SMILES string of the molecule is COc1ccc2c(c1)CCC(C=O)=C2C. The van der Waals surface area contributed by atoms with E-state index in [0.29, 0.717) is 0 Å². The van der Waals surface area contributed by atoms with Crippen LogP contribution in [0.1, 0.15) is 24.5 Å². The van der Waals surface area contributed by atoms with Gasteiger partial charge in [-0.2, -0.15) is 0 Å². The topological polar surface area (TPSA) is 26.3 Å². The van der Waals surface area contributed by atoms with E-state index in [9.17, 15) is 4.79 Å². The van der Waals surface area contributed by atoms with E-state index in [1.807, 2.05) is 19.1 Å². The first-order valence-electron chi connectivity index (χ1n) is 5.08. The zero-order valence-electron chi connectivity index (χ0n) is 9.04. The van der Waals surface area contributed by atoms with E-state index in [-0.39, 0.29) is 0 Å². The fourth-order valence-corrected chi connectivity index (χ4v) is 2.05. The lowest BCUT2D eigenvalue weighted by Gasteiger charge is -2.18. The molecule has 0 aromatic heterocycles. The van der Waals surface area contributed by atoms with Gasteiger partial charge in [0.15, 0.2) is 0 Å². The van der Waals surface area contributed by atoms with Gasteiger partial charge in [0.1, 0.15) is 12.0 Å². The average Bonchev–Trinajstić information content (AvgIpc) is 2.29. The van der Waals surface area contributed by atoms with E-state index >= 15 is 0 Å². The van der Waals surface area contributed by atoms with Gasteiger partial charge in [-0.1, -0.05) is 6.07 Å². The van der Waals surface area contributed by atoms with Crippen molar-refractivity contribution in [3.63, 3.8) is 0 Å². The largest absolute Gasteiger partial charge is 0.497 e. The van der Waals surface area contributed by atoms with Crippen molar-refractivity contribution < 1.29 is 9.53 Å². The minimum atomic E-state index is 0.843. The van der Waals surface area contributed by atoms with Crippen LogP contribution in [0.3, 0.4) is 0 Å². The standard InChI is InChI=1S/C13H14O2/c1-9-11(8-14)4-3-10-7-12(15-2)5-6-13(9)10/h5-8H,3-4H2,1-2H3. The normalized spacial score (nSPS) is 14.8. The van der Waals surface area contributed by atoms with Crippen molar-refractivity contribution in [2.45, 2.75) is 19.8 Å². The van der Waals surface area contributed by atoms with Gasteiger partial charge in [-0.15, -0.1) is 0 Å². The summed E-state index contributed by atoms with van der Waals surface area (Å²) in [6.45, 7) is 2.01. The first kappa shape index (κ1) is 9.97. The van der Waals surface area contributed by atoms with E-state index in [1.54, 1.807) is 7.11 Å². The Balaban J connectivity index is 2.51. The van der Waals surface area contributed by atoms with Crippen molar-refractivity contribution in [3.05, 3.63) is 34.9 Å². The lowest BCUT2D eigenvalue weighted by molar-refractivity contribution is -0.105. The third kappa shape index (κ3) is 1.67. The lowest BCUT2D eigenvalue weighted by Crippen LogP contribution is -2.04. The summed E-state index contributed by atoms with van der Waals surface area (Å²) in [6.07, 6.45) is 2.75. The maximum Gasteiger partial charge on any atom is 0.146 e. The van der Waals surface area contributed by atoms with Crippen LogP contribution in [0.5, 0.6) is 5.75 Å². The summed E-state index contributed by atoms with van der Waals surface area (Å²) in [5.74, 6) is 0.885. The first-order valence-corrected chi connectivity index (χ1v) is 5.08. The third-order valence-electron chi connectivity index (χ3n) is 3.00. The second-order valence-electron chi connectivity index (χ2n) is 3.79. The molecule has 2 heteroatoms. The van der Waals surface area contributed by atoms with Gasteiger partial charge in [0.05, 0.1) is 7.11 Å². The van der Waals surface area contributed by atoms with Crippen LogP contribution >= 0.6 is 0 Å². The number of carbonyl (C=O) groups excluding carboxylic acids is 1. The Hall–Kier alpha value is -1.57. The quantitative estimate of drug-likeness (QED) is 0.689. The van der Waals surface area contributed by atoms with Crippen LogP contribution in [0, 0.1) is 0 Å². The molecule has 1 aliphatic carbocycles. The highest BCUT2D eigenvalue weighted by Crippen LogP contribution is 2.32. The van der Waals surface area contributed by atoms with Crippen LogP contribution in [0.2, 0.25) is 0 Å². The summed E-state index contributed by atoms with van der Waals surface area (Å²) >= 11 is 0. The number of benzene rings is 1. The molecule has 1 aromatic carbocycles. The first-order chi connectivity index (χ1) is 7.26. The molecule has 0 amide bonds. The van der Waals surface area contributed by atoms with Crippen LogP contribution in [-0.2, 0) is 11.2 Å². The Labute approximate surface area is 89.6 Å². The number of carbonyl (C=O) groups is 1. The molecule has 0 spiro atoms. The fourth-order valence-electron chi connectivity index (χ4n) is 2.05. The number of allylic oxidation sites excluding steroid dienone is 2. The minimum Gasteiger partial charge on any atom is -0.497 e. The van der Waals surface area contributed by atoms with Crippen LogP contribution in [0.4, 0.5) is 0 Å². The molecule has 1 aliphatic rings. The van der Waals surface area contributed by atoms with Crippen molar-refractivity contribution in [3.8, 4) is 5.75 Å². The van der Waals surface area contributed by atoms with Gasteiger partial charge in [0.2, 0.25) is 0 Å². The summed E-state index contributed by atoms with van der Waals surface area (Å²) in [7, 11) is 1.67. The lowest BCUT2D eigenvalue weighted by atomic mass is 9.87. The Kier molecular flexibility index (Phi) is 2.58. The Morgan fingerprint density at radius 1 is 1.33 bits per heavy atom. The molecular formula is C13H14O2. The molecule has 0 atom stereocenters. The molecule has 78 valence electrons. The van der Waals surface area contributed by atoms with E-state index < -0.39 is 0 Å². The molecular weight excluding hydrogens is 188 g/mol. The van der Waals surface area contributed by atoms with E-state index in [4.69, 9.17) is 4.74 Å². The molecule has 0 heterocycles. The van der Waals surface area contributed by atoms with Gasteiger partial charge in [0.25, 0.3) is 0 Å². The highest BCUT2D eigenvalue weighted by atomic mass is 16.5. The minimum absolute atomic E-state index is 0.843.